The van der Waals surface area contributed by atoms with Crippen molar-refractivity contribution in [1.29, 1.82) is 0 Å². The van der Waals surface area contributed by atoms with Crippen molar-refractivity contribution in [3.8, 4) is 0 Å². The molecule has 1 amide bonds. The van der Waals surface area contributed by atoms with Crippen molar-refractivity contribution in [2.24, 2.45) is 0 Å². The van der Waals surface area contributed by atoms with Crippen molar-refractivity contribution in [3.63, 3.8) is 0 Å². The first-order valence-corrected chi connectivity index (χ1v) is 11.9. The molecule has 0 spiro atoms. The normalized spacial score (nSPS) is 13.1. The van der Waals surface area contributed by atoms with Gasteiger partial charge in [-0.05, 0) is 37.5 Å². The number of rotatable bonds is 9. The molecule has 0 atom stereocenters. The summed E-state index contributed by atoms with van der Waals surface area (Å²) in [6, 6.07) is 3.70. The van der Waals surface area contributed by atoms with Crippen LogP contribution in [0.4, 0.5) is 5.00 Å². The van der Waals surface area contributed by atoms with Gasteiger partial charge in [-0.3, -0.25) is 9.36 Å². The van der Waals surface area contributed by atoms with Gasteiger partial charge in [0.2, 0.25) is 5.91 Å². The fraction of sp³-hybridized carbons (Fsp3) is 0.381. The summed E-state index contributed by atoms with van der Waals surface area (Å²) in [5.74, 6) is 0.484. The molecule has 0 radical (unpaired) electrons. The molecule has 3 heterocycles. The highest BCUT2D eigenvalue weighted by molar-refractivity contribution is 7.99. The second-order valence-corrected chi connectivity index (χ2v) is 9.32. The summed E-state index contributed by atoms with van der Waals surface area (Å²) in [7, 11) is 2.49. The molecule has 174 valence electrons. The smallest absolute Gasteiger partial charge is 0.348 e. The van der Waals surface area contributed by atoms with E-state index >= 15 is 0 Å². The molecule has 0 unspecified atom stereocenters. The first-order valence-electron chi connectivity index (χ1n) is 10.1. The number of ether oxygens (including phenoxy) is 2. The van der Waals surface area contributed by atoms with Crippen molar-refractivity contribution < 1.29 is 28.3 Å². The number of esters is 2. The Hall–Kier alpha value is -3.12. The molecule has 3 aromatic heterocycles. The molecule has 12 heteroatoms. The molecule has 1 aliphatic rings. The Balaban J connectivity index is 1.49. The van der Waals surface area contributed by atoms with Crippen LogP contribution in [-0.2, 0) is 20.8 Å². The predicted molar refractivity (Wildman–Crippen MR) is 121 cm³/mol. The third-order valence-corrected chi connectivity index (χ3v) is 7.23. The molecular weight excluding hydrogens is 468 g/mol. The van der Waals surface area contributed by atoms with Gasteiger partial charge < -0.3 is 19.2 Å². The van der Waals surface area contributed by atoms with E-state index in [-0.39, 0.29) is 27.1 Å². The van der Waals surface area contributed by atoms with Crippen LogP contribution in [0, 0.1) is 6.92 Å². The summed E-state index contributed by atoms with van der Waals surface area (Å²) < 4.78 is 17.0. The molecule has 0 saturated heterocycles. The molecule has 3 aromatic rings. The number of aromatic nitrogens is 3. The predicted octanol–water partition coefficient (Wildman–Crippen LogP) is 3.47. The Labute approximate surface area is 197 Å². The minimum Gasteiger partial charge on any atom is -0.467 e. The molecule has 0 aromatic carbocycles. The van der Waals surface area contributed by atoms with Crippen molar-refractivity contribution in [3.05, 3.63) is 46.0 Å². The highest BCUT2D eigenvalue weighted by Crippen LogP contribution is 2.40. The largest absolute Gasteiger partial charge is 0.467 e. The van der Waals surface area contributed by atoms with E-state index < -0.39 is 11.9 Å². The van der Waals surface area contributed by atoms with Crippen LogP contribution >= 0.6 is 23.1 Å². The van der Waals surface area contributed by atoms with E-state index in [1.807, 2.05) is 16.7 Å². The topological polar surface area (TPSA) is 126 Å². The van der Waals surface area contributed by atoms with E-state index in [1.54, 1.807) is 13.2 Å². The fourth-order valence-corrected chi connectivity index (χ4v) is 5.16. The molecule has 1 fully saturated rings. The summed E-state index contributed by atoms with van der Waals surface area (Å²) in [5, 5.41) is 12.2. The lowest BCUT2D eigenvalue weighted by Crippen LogP contribution is -2.16. The monoisotopic (exact) mass is 490 g/mol. The third-order valence-electron chi connectivity index (χ3n) is 5.07. The SMILES string of the molecule is COC(=O)c1sc(NC(=O)CSc2nnc(C3CC3)n2Cc2ccco2)c(C(=O)OC)c1C. The Morgan fingerprint density at radius 2 is 2.00 bits per heavy atom. The van der Waals surface area contributed by atoms with Crippen LogP contribution in [0.15, 0.2) is 28.0 Å². The quantitative estimate of drug-likeness (QED) is 0.354. The summed E-state index contributed by atoms with van der Waals surface area (Å²) in [6.45, 7) is 2.09. The highest BCUT2D eigenvalue weighted by atomic mass is 32.2. The van der Waals surface area contributed by atoms with Gasteiger partial charge in [0.15, 0.2) is 5.16 Å². The molecule has 1 aliphatic carbocycles. The number of thioether (sulfide) groups is 1. The highest BCUT2D eigenvalue weighted by Gasteiger charge is 2.31. The van der Waals surface area contributed by atoms with Crippen LogP contribution in [0.1, 0.15) is 55.9 Å². The van der Waals surface area contributed by atoms with Gasteiger partial charge in [0.05, 0.1) is 38.3 Å². The molecular formula is C21H22N4O6S2. The Bertz CT molecular complexity index is 1180. The van der Waals surface area contributed by atoms with Crippen molar-refractivity contribution in [2.75, 3.05) is 25.3 Å². The van der Waals surface area contributed by atoms with Gasteiger partial charge in [-0.1, -0.05) is 11.8 Å². The Kier molecular flexibility index (Phi) is 6.84. The number of hydrogen-bond acceptors (Lipinski definition) is 10. The van der Waals surface area contributed by atoms with Crippen LogP contribution in [0.25, 0.3) is 0 Å². The number of amides is 1. The first-order chi connectivity index (χ1) is 15.9. The summed E-state index contributed by atoms with van der Waals surface area (Å²) in [4.78, 5) is 37.2. The number of carbonyl (C=O) groups excluding carboxylic acids is 3. The summed E-state index contributed by atoms with van der Waals surface area (Å²) in [6.07, 6.45) is 3.75. The maximum Gasteiger partial charge on any atom is 0.348 e. The van der Waals surface area contributed by atoms with E-state index in [4.69, 9.17) is 13.9 Å². The van der Waals surface area contributed by atoms with Gasteiger partial charge >= 0.3 is 11.9 Å². The molecule has 10 nitrogen and oxygen atoms in total. The lowest BCUT2D eigenvalue weighted by Gasteiger charge is -2.09. The average Bonchev–Trinajstić information content (AvgIpc) is 3.22. The van der Waals surface area contributed by atoms with Gasteiger partial charge in [-0.2, -0.15) is 0 Å². The molecule has 0 bridgehead atoms. The number of nitrogens with one attached hydrogen (secondary N) is 1. The van der Waals surface area contributed by atoms with Gasteiger partial charge in [0, 0.05) is 5.92 Å². The number of nitrogens with zero attached hydrogens (tertiary/aromatic N) is 3. The van der Waals surface area contributed by atoms with Crippen LogP contribution in [-0.4, -0.2) is 52.6 Å². The molecule has 0 aliphatic heterocycles. The van der Waals surface area contributed by atoms with E-state index in [9.17, 15) is 14.4 Å². The summed E-state index contributed by atoms with van der Waals surface area (Å²) >= 11 is 2.21. The van der Waals surface area contributed by atoms with Gasteiger partial charge in [0.1, 0.15) is 21.5 Å². The number of furan rings is 1. The zero-order valence-electron chi connectivity index (χ0n) is 18.2. The van der Waals surface area contributed by atoms with Gasteiger partial charge in [0.25, 0.3) is 0 Å². The average molecular weight is 491 g/mol. The second-order valence-electron chi connectivity index (χ2n) is 7.36. The lowest BCUT2D eigenvalue weighted by atomic mass is 10.1. The maximum atomic E-state index is 12.7. The molecule has 4 rings (SSSR count). The zero-order chi connectivity index (χ0) is 23.5. The number of methoxy groups -OCH3 is 2. The number of carbonyl (C=O) groups is 3. The summed E-state index contributed by atoms with van der Waals surface area (Å²) in [5.41, 5.74) is 0.534. The van der Waals surface area contributed by atoms with E-state index in [1.165, 1.54) is 26.0 Å². The standard InChI is InChI=1S/C21H22N4O6S2/c1-11-15(19(27)29-2)18(33-16(11)20(28)30-3)22-14(26)10-32-21-24-23-17(12-6-7-12)25(21)9-13-5-4-8-31-13/h4-5,8,12H,6-7,9-10H2,1-3H3,(H,22,26). The van der Waals surface area contributed by atoms with Crippen molar-refractivity contribution in [1.82, 2.24) is 14.8 Å². The molecule has 1 saturated carbocycles. The van der Waals surface area contributed by atoms with Crippen LogP contribution in [0.3, 0.4) is 0 Å². The number of hydrogen-bond donors (Lipinski definition) is 1. The van der Waals surface area contributed by atoms with E-state index in [0.717, 1.165) is 35.8 Å². The molecule has 33 heavy (non-hydrogen) atoms. The zero-order valence-corrected chi connectivity index (χ0v) is 19.9. The number of thiophene rings is 1. The van der Waals surface area contributed by atoms with Crippen molar-refractivity contribution >= 4 is 45.9 Å². The van der Waals surface area contributed by atoms with Crippen LogP contribution < -0.4 is 5.32 Å². The number of anilines is 1. The Morgan fingerprint density at radius 3 is 2.64 bits per heavy atom. The fourth-order valence-electron chi connectivity index (χ4n) is 3.29. The van der Waals surface area contributed by atoms with E-state index in [2.05, 4.69) is 15.5 Å². The van der Waals surface area contributed by atoms with Gasteiger partial charge in [-0.15, -0.1) is 21.5 Å². The Morgan fingerprint density at radius 1 is 1.24 bits per heavy atom. The van der Waals surface area contributed by atoms with E-state index in [0.29, 0.717) is 23.2 Å². The minimum atomic E-state index is -0.644. The first kappa shape index (κ1) is 23.1. The maximum absolute atomic E-state index is 12.7. The molecule has 1 N–H and O–H groups in total. The van der Waals surface area contributed by atoms with Crippen LogP contribution in [0.2, 0.25) is 0 Å². The van der Waals surface area contributed by atoms with Gasteiger partial charge in [-0.25, -0.2) is 9.59 Å². The third kappa shape index (κ3) is 4.96. The van der Waals surface area contributed by atoms with Crippen molar-refractivity contribution in [2.45, 2.75) is 37.4 Å². The van der Waals surface area contributed by atoms with Crippen LogP contribution in [0.5, 0.6) is 0 Å². The lowest BCUT2D eigenvalue weighted by molar-refractivity contribution is -0.113. The minimum absolute atomic E-state index is 0.0338. The second kappa shape index (κ2) is 9.79.